The Balaban J connectivity index is 1.88. The Kier molecular flexibility index (Phi) is 4.78. The summed E-state index contributed by atoms with van der Waals surface area (Å²) >= 11 is 0. The van der Waals surface area contributed by atoms with Crippen LogP contribution in [0.15, 0.2) is 24.3 Å². The minimum atomic E-state index is -0.865. The third-order valence-corrected chi connectivity index (χ3v) is 4.14. The molecule has 1 aliphatic carbocycles. The van der Waals surface area contributed by atoms with E-state index in [4.69, 9.17) is 0 Å². The summed E-state index contributed by atoms with van der Waals surface area (Å²) in [5.41, 5.74) is 0.780. The maximum Gasteiger partial charge on any atom is 0.306 e. The van der Waals surface area contributed by atoms with Crippen LogP contribution in [-0.2, 0) is 0 Å². The molecule has 1 heterocycles. The second kappa shape index (κ2) is 7.00. The highest BCUT2D eigenvalue weighted by Gasteiger charge is 2.26. The first-order chi connectivity index (χ1) is 12.0. The summed E-state index contributed by atoms with van der Waals surface area (Å²) in [5.74, 6) is 0.626. The van der Waals surface area contributed by atoms with E-state index in [2.05, 4.69) is 27.5 Å². The van der Waals surface area contributed by atoms with E-state index < -0.39 is 16.4 Å². The molecule has 0 saturated heterocycles. The van der Waals surface area contributed by atoms with Crippen LogP contribution in [0.2, 0.25) is 0 Å². The van der Waals surface area contributed by atoms with E-state index in [1.54, 1.807) is 0 Å². The number of nitrogens with zero attached hydrogens (tertiary/aromatic N) is 3. The molecule has 0 radical (unpaired) electrons. The molecule has 0 unspecified atom stereocenters. The van der Waals surface area contributed by atoms with Gasteiger partial charge in [-0.15, -0.1) is 0 Å². The van der Waals surface area contributed by atoms with Crippen molar-refractivity contribution in [2.24, 2.45) is 0 Å². The lowest BCUT2D eigenvalue weighted by Crippen LogP contribution is -2.16. The number of nitro groups is 1. The number of halogens is 1. The Morgan fingerprint density at radius 3 is 2.76 bits per heavy atom. The lowest BCUT2D eigenvalue weighted by molar-refractivity contribution is -0.387. The average Bonchev–Trinajstić information content (AvgIpc) is 3.41. The number of hydrogen-bond donors (Lipinski definition) is 2. The maximum atomic E-state index is 13.5. The monoisotopic (exact) mass is 345 g/mol. The van der Waals surface area contributed by atoms with Crippen LogP contribution in [0.1, 0.15) is 44.7 Å². The standard InChI is InChI=1S/C17H20FN5O2/c1-3-10(2)19-17-21-14(11-4-5-11)9-16(22-17)20-12-6-7-13(18)15(8-12)23(24)25/h6-11H,3-5H2,1-2H3,(H2,19,20,21,22)/t10-/m0/s1. The fourth-order valence-corrected chi connectivity index (χ4v) is 2.38. The smallest absolute Gasteiger partial charge is 0.306 e. The number of benzene rings is 1. The molecule has 1 fully saturated rings. The highest BCUT2D eigenvalue weighted by atomic mass is 19.1. The third-order valence-electron chi connectivity index (χ3n) is 4.14. The molecule has 1 aliphatic rings. The SMILES string of the molecule is CC[C@H](C)Nc1nc(Nc2ccc(F)c([N+](=O)[O-])c2)cc(C2CC2)n1. The first-order valence-corrected chi connectivity index (χ1v) is 8.32. The molecular weight excluding hydrogens is 325 g/mol. The molecule has 2 N–H and O–H groups in total. The van der Waals surface area contributed by atoms with Crippen LogP contribution in [0.4, 0.5) is 27.5 Å². The molecule has 1 aromatic carbocycles. The van der Waals surface area contributed by atoms with Gasteiger partial charge in [-0.1, -0.05) is 6.92 Å². The van der Waals surface area contributed by atoms with E-state index in [1.165, 1.54) is 6.07 Å². The van der Waals surface area contributed by atoms with Crippen LogP contribution in [0, 0.1) is 15.9 Å². The number of nitrogens with one attached hydrogen (secondary N) is 2. The molecule has 7 nitrogen and oxygen atoms in total. The number of aromatic nitrogens is 2. The molecule has 132 valence electrons. The van der Waals surface area contributed by atoms with Crippen molar-refractivity contribution >= 4 is 23.1 Å². The minimum Gasteiger partial charge on any atom is -0.352 e. The molecule has 25 heavy (non-hydrogen) atoms. The van der Waals surface area contributed by atoms with Crippen molar-refractivity contribution in [3.05, 3.63) is 45.9 Å². The van der Waals surface area contributed by atoms with Crippen molar-refractivity contribution < 1.29 is 9.31 Å². The van der Waals surface area contributed by atoms with Gasteiger partial charge in [0.05, 0.1) is 10.6 Å². The fraction of sp³-hybridized carbons (Fsp3) is 0.412. The van der Waals surface area contributed by atoms with E-state index in [0.717, 1.165) is 37.1 Å². The number of hydrogen-bond acceptors (Lipinski definition) is 6. The van der Waals surface area contributed by atoms with Gasteiger partial charge < -0.3 is 10.6 Å². The third kappa shape index (κ3) is 4.20. The van der Waals surface area contributed by atoms with Crippen LogP contribution in [0.25, 0.3) is 0 Å². The molecule has 1 atom stereocenters. The largest absolute Gasteiger partial charge is 0.352 e. The lowest BCUT2D eigenvalue weighted by atomic mass is 10.2. The second-order valence-electron chi connectivity index (χ2n) is 6.28. The lowest BCUT2D eigenvalue weighted by Gasteiger charge is -2.14. The van der Waals surface area contributed by atoms with Crippen LogP contribution >= 0.6 is 0 Å². The first kappa shape index (κ1) is 17.1. The summed E-state index contributed by atoms with van der Waals surface area (Å²) in [5, 5.41) is 17.2. The van der Waals surface area contributed by atoms with Crippen molar-refractivity contribution in [3.63, 3.8) is 0 Å². The Morgan fingerprint density at radius 2 is 2.12 bits per heavy atom. The van der Waals surface area contributed by atoms with Gasteiger partial charge in [0.25, 0.3) is 0 Å². The first-order valence-electron chi connectivity index (χ1n) is 8.32. The Morgan fingerprint density at radius 1 is 1.36 bits per heavy atom. The van der Waals surface area contributed by atoms with E-state index in [9.17, 15) is 14.5 Å². The van der Waals surface area contributed by atoms with Crippen LogP contribution in [0.5, 0.6) is 0 Å². The quantitative estimate of drug-likeness (QED) is 0.572. The molecule has 1 saturated carbocycles. The highest BCUT2D eigenvalue weighted by Crippen LogP contribution is 2.40. The van der Waals surface area contributed by atoms with Crippen molar-refractivity contribution in [1.29, 1.82) is 0 Å². The van der Waals surface area contributed by atoms with Gasteiger partial charge in [-0.3, -0.25) is 10.1 Å². The molecule has 0 amide bonds. The molecule has 1 aromatic heterocycles. The van der Waals surface area contributed by atoms with Gasteiger partial charge in [0.15, 0.2) is 0 Å². The van der Waals surface area contributed by atoms with E-state index in [-0.39, 0.29) is 6.04 Å². The van der Waals surface area contributed by atoms with E-state index in [1.807, 2.05) is 13.0 Å². The normalized spacial score (nSPS) is 14.8. The van der Waals surface area contributed by atoms with Crippen molar-refractivity contribution in [3.8, 4) is 0 Å². The van der Waals surface area contributed by atoms with Crippen molar-refractivity contribution in [1.82, 2.24) is 9.97 Å². The topological polar surface area (TPSA) is 93.0 Å². The number of anilines is 3. The van der Waals surface area contributed by atoms with E-state index in [0.29, 0.717) is 23.4 Å². The van der Waals surface area contributed by atoms with Gasteiger partial charge in [-0.25, -0.2) is 4.98 Å². The van der Waals surface area contributed by atoms with Gasteiger partial charge in [0.1, 0.15) is 5.82 Å². The van der Waals surface area contributed by atoms with Crippen LogP contribution in [-0.4, -0.2) is 20.9 Å². The van der Waals surface area contributed by atoms with Gasteiger partial charge in [0.2, 0.25) is 11.8 Å². The van der Waals surface area contributed by atoms with Gasteiger partial charge >= 0.3 is 5.69 Å². The molecule has 0 bridgehead atoms. The second-order valence-corrected chi connectivity index (χ2v) is 6.28. The van der Waals surface area contributed by atoms with E-state index >= 15 is 0 Å². The Hall–Kier alpha value is -2.77. The number of nitro benzene ring substituents is 1. The summed E-state index contributed by atoms with van der Waals surface area (Å²) in [7, 11) is 0. The zero-order valence-corrected chi connectivity index (χ0v) is 14.1. The summed E-state index contributed by atoms with van der Waals surface area (Å²) in [6.07, 6.45) is 3.13. The minimum absolute atomic E-state index is 0.231. The molecular formula is C17H20FN5O2. The summed E-state index contributed by atoms with van der Waals surface area (Å²) < 4.78 is 13.5. The Bertz CT molecular complexity index is 795. The molecule has 0 aliphatic heterocycles. The summed E-state index contributed by atoms with van der Waals surface area (Å²) in [6.45, 7) is 4.11. The van der Waals surface area contributed by atoms with Gasteiger partial charge in [-0.2, -0.15) is 9.37 Å². The van der Waals surface area contributed by atoms with Crippen molar-refractivity contribution in [2.45, 2.75) is 45.1 Å². The predicted octanol–water partition coefficient (Wildman–Crippen LogP) is 4.36. The zero-order valence-electron chi connectivity index (χ0n) is 14.1. The Labute approximate surface area is 144 Å². The predicted molar refractivity (Wildman–Crippen MR) is 93.7 cm³/mol. The fourth-order valence-electron chi connectivity index (χ4n) is 2.38. The van der Waals surface area contributed by atoms with Crippen molar-refractivity contribution in [2.75, 3.05) is 10.6 Å². The maximum absolute atomic E-state index is 13.5. The summed E-state index contributed by atoms with van der Waals surface area (Å²) in [4.78, 5) is 19.1. The highest BCUT2D eigenvalue weighted by molar-refractivity contribution is 5.61. The number of rotatable bonds is 7. The summed E-state index contributed by atoms with van der Waals surface area (Å²) in [6, 6.07) is 5.75. The van der Waals surface area contributed by atoms with Crippen LogP contribution in [0.3, 0.4) is 0 Å². The molecule has 0 spiro atoms. The van der Waals surface area contributed by atoms with Crippen LogP contribution < -0.4 is 10.6 Å². The van der Waals surface area contributed by atoms with Gasteiger partial charge in [0, 0.05) is 29.8 Å². The zero-order chi connectivity index (χ0) is 18.0. The average molecular weight is 345 g/mol. The van der Waals surface area contributed by atoms with Gasteiger partial charge in [-0.05, 0) is 38.3 Å². The molecule has 3 rings (SSSR count). The molecule has 8 heteroatoms. The molecule has 2 aromatic rings.